The molecule has 0 saturated carbocycles. The number of nitrogens with one attached hydrogen (secondary N) is 1. The molecule has 1 amide bonds. The van der Waals surface area contributed by atoms with Gasteiger partial charge in [-0.1, -0.05) is 34.8 Å². The lowest BCUT2D eigenvalue weighted by molar-refractivity contribution is -0.161. The zero-order valence-electron chi connectivity index (χ0n) is 19.0. The van der Waals surface area contributed by atoms with E-state index in [1.807, 2.05) is 0 Å². The van der Waals surface area contributed by atoms with Crippen LogP contribution in [0.3, 0.4) is 0 Å². The van der Waals surface area contributed by atoms with Gasteiger partial charge in [0.1, 0.15) is 5.16 Å². The zero-order valence-corrected chi connectivity index (χ0v) is 23.1. The van der Waals surface area contributed by atoms with Crippen LogP contribution in [0.2, 0.25) is 15.1 Å². The van der Waals surface area contributed by atoms with Crippen LogP contribution in [0.25, 0.3) is 0 Å². The number of nitrogens with zero attached hydrogens (tertiary/aromatic N) is 1. The lowest BCUT2D eigenvalue weighted by Crippen LogP contribution is -2.38. The zero-order chi connectivity index (χ0) is 25.7. The Labute approximate surface area is 227 Å². The lowest BCUT2D eigenvalue weighted by Gasteiger charge is -2.31. The summed E-state index contributed by atoms with van der Waals surface area (Å²) in [5.74, 6) is -0.157. The normalized spacial score (nSPS) is 23.6. The monoisotopic (exact) mass is 596 g/mol. The van der Waals surface area contributed by atoms with E-state index < -0.39 is 20.1 Å². The summed E-state index contributed by atoms with van der Waals surface area (Å²) < 4.78 is 53.7. The van der Waals surface area contributed by atoms with Crippen molar-refractivity contribution in [3.8, 4) is 0 Å². The average Bonchev–Trinajstić information content (AvgIpc) is 3.46. The quantitative estimate of drug-likeness (QED) is 0.290. The fraction of sp³-hybridized carbons (Fsp3) is 0.500. The van der Waals surface area contributed by atoms with Crippen LogP contribution in [-0.4, -0.2) is 37.1 Å². The molecule has 5 rings (SSSR count). The Morgan fingerprint density at radius 2 is 1.75 bits per heavy atom. The van der Waals surface area contributed by atoms with Crippen LogP contribution in [0.4, 0.5) is 13.2 Å². The number of ether oxygens (including phenoxy) is 1. The maximum atomic E-state index is 14.6. The molecule has 3 aliphatic rings. The number of hydrogen-bond acceptors (Lipinski definition) is 4. The summed E-state index contributed by atoms with van der Waals surface area (Å²) in [5, 5.41) is 0.835. The van der Waals surface area contributed by atoms with Crippen LogP contribution in [0.1, 0.15) is 63.3 Å². The van der Waals surface area contributed by atoms with E-state index in [0.29, 0.717) is 28.7 Å². The summed E-state index contributed by atoms with van der Waals surface area (Å²) in [6, 6.07) is 2.52. The van der Waals surface area contributed by atoms with Gasteiger partial charge in [0.25, 0.3) is 5.91 Å². The van der Waals surface area contributed by atoms with Crippen molar-refractivity contribution in [1.29, 1.82) is 0 Å². The van der Waals surface area contributed by atoms with Crippen molar-refractivity contribution in [2.45, 2.75) is 62.3 Å². The van der Waals surface area contributed by atoms with Gasteiger partial charge in [0.15, 0.2) is 0 Å². The molecule has 2 atom stereocenters. The second-order valence-electron chi connectivity index (χ2n) is 9.29. The lowest BCUT2D eigenvalue weighted by atomic mass is 9.87. The van der Waals surface area contributed by atoms with Gasteiger partial charge in [-0.05, 0) is 67.3 Å². The Morgan fingerprint density at radius 1 is 1.11 bits per heavy atom. The maximum Gasteiger partial charge on any atom is 0.404 e. The van der Waals surface area contributed by atoms with Crippen LogP contribution in [-0.2, 0) is 22.7 Å². The van der Waals surface area contributed by atoms with E-state index in [-0.39, 0.29) is 39.0 Å². The van der Waals surface area contributed by atoms with Gasteiger partial charge in [-0.25, -0.2) is 0 Å². The summed E-state index contributed by atoms with van der Waals surface area (Å²) >= 11 is 19.5. The molecule has 3 heterocycles. The third-order valence-corrected chi connectivity index (χ3v) is 11.1. The number of alkyl halides is 3. The first-order valence-corrected chi connectivity index (χ1v) is 14.6. The number of benzene rings is 1. The Morgan fingerprint density at radius 3 is 2.39 bits per heavy atom. The molecule has 0 bridgehead atoms. The Hall–Kier alpha value is -0.890. The molecule has 2 aliphatic heterocycles. The molecule has 36 heavy (non-hydrogen) atoms. The second-order valence-corrected chi connectivity index (χ2v) is 12.8. The van der Waals surface area contributed by atoms with Crippen LogP contribution in [0.5, 0.6) is 0 Å². The minimum atomic E-state index is -4.59. The third kappa shape index (κ3) is 4.83. The second kappa shape index (κ2) is 10.3. The van der Waals surface area contributed by atoms with Gasteiger partial charge in [0.05, 0.1) is 30.5 Å². The summed E-state index contributed by atoms with van der Waals surface area (Å²) in [4.78, 5) is 14.5. The van der Waals surface area contributed by atoms with Crippen LogP contribution in [0, 0.1) is 0 Å². The summed E-state index contributed by atoms with van der Waals surface area (Å²) in [6.45, 7) is 1.21. The van der Waals surface area contributed by atoms with E-state index in [2.05, 4.69) is 10.1 Å². The molecule has 2 unspecified atom stereocenters. The number of halogens is 6. The average molecular weight is 598 g/mol. The van der Waals surface area contributed by atoms with Crippen LogP contribution >= 0.6 is 54.9 Å². The molecule has 0 radical (unpaired) electrons. The van der Waals surface area contributed by atoms with Gasteiger partial charge in [0.2, 0.25) is 0 Å². The smallest absolute Gasteiger partial charge is 0.381 e. The predicted molar refractivity (Wildman–Crippen MR) is 141 cm³/mol. The van der Waals surface area contributed by atoms with Gasteiger partial charge < -0.3 is 10.1 Å². The van der Waals surface area contributed by atoms with E-state index in [0.717, 1.165) is 49.7 Å². The van der Waals surface area contributed by atoms with Crippen molar-refractivity contribution >= 4 is 66.5 Å². The molecule has 1 N–H and O–H groups in total. The largest absolute Gasteiger partial charge is 0.404 e. The molecule has 1 aromatic heterocycles. The highest BCUT2D eigenvalue weighted by Gasteiger charge is 2.59. The van der Waals surface area contributed by atoms with Crippen molar-refractivity contribution in [3.63, 3.8) is 0 Å². The number of amides is 1. The van der Waals surface area contributed by atoms with Crippen molar-refractivity contribution in [3.05, 3.63) is 53.6 Å². The van der Waals surface area contributed by atoms with Gasteiger partial charge in [-0.2, -0.15) is 13.2 Å². The Bertz CT molecular complexity index is 1210. The molecule has 0 spiro atoms. The van der Waals surface area contributed by atoms with Gasteiger partial charge >= 0.3 is 6.18 Å². The molecule has 12 heteroatoms. The number of fused-ring (bicyclic) bond motifs is 1. The number of thiophene rings is 1. The van der Waals surface area contributed by atoms with Crippen molar-refractivity contribution in [2.75, 3.05) is 13.2 Å². The first-order chi connectivity index (χ1) is 17.1. The number of rotatable bonds is 4. The minimum absolute atomic E-state index is 0.0226. The summed E-state index contributed by atoms with van der Waals surface area (Å²) in [7, 11) is -0.790. The molecule has 1 saturated heterocycles. The van der Waals surface area contributed by atoms with Crippen molar-refractivity contribution < 1.29 is 22.7 Å². The van der Waals surface area contributed by atoms with Gasteiger partial charge in [-0.3, -0.25) is 9.56 Å². The predicted octanol–water partition coefficient (Wildman–Crippen LogP) is 7.74. The highest BCUT2D eigenvalue weighted by atomic mass is 35.5. The van der Waals surface area contributed by atoms with E-state index >= 15 is 0 Å². The highest BCUT2D eigenvalue weighted by molar-refractivity contribution is 7.39. The van der Waals surface area contributed by atoms with Gasteiger partial charge in [-0.15, -0.1) is 11.3 Å². The van der Waals surface area contributed by atoms with E-state index in [4.69, 9.17) is 39.5 Å². The SMILES string of the molecule is O=C(NC1CCOCC1)c1sc(C2=NPC(c3cc(Cl)c(Cl)c(Cl)c3)(C(F)(F)F)C2)c2c1CCCC2. The highest BCUT2D eigenvalue weighted by Crippen LogP contribution is 2.61. The molecule has 1 aromatic carbocycles. The van der Waals surface area contributed by atoms with Crippen molar-refractivity contribution in [1.82, 2.24) is 5.32 Å². The van der Waals surface area contributed by atoms with E-state index in [1.165, 1.54) is 23.5 Å². The topological polar surface area (TPSA) is 50.7 Å². The number of hydrogen-bond donors (Lipinski definition) is 1. The number of carbonyl (C=O) groups excluding carboxylic acids is 1. The summed E-state index contributed by atoms with van der Waals surface area (Å²) in [6.07, 6.45) is -0.0743. The maximum absolute atomic E-state index is 14.6. The Kier molecular flexibility index (Phi) is 7.68. The molecule has 194 valence electrons. The van der Waals surface area contributed by atoms with Crippen molar-refractivity contribution in [2.24, 2.45) is 4.76 Å². The van der Waals surface area contributed by atoms with Gasteiger partial charge in [0, 0.05) is 34.4 Å². The van der Waals surface area contributed by atoms with E-state index in [9.17, 15) is 18.0 Å². The molecule has 2 aromatic rings. The van der Waals surface area contributed by atoms with Crippen LogP contribution in [0.15, 0.2) is 16.9 Å². The Balaban J connectivity index is 1.49. The van der Waals surface area contributed by atoms with Crippen LogP contribution < -0.4 is 5.32 Å². The first kappa shape index (κ1) is 26.7. The fourth-order valence-corrected chi connectivity index (χ4v) is 8.19. The fourth-order valence-electron chi connectivity index (χ4n) is 5.06. The molecular weight excluding hydrogens is 575 g/mol. The third-order valence-electron chi connectivity index (χ3n) is 7.02. The summed E-state index contributed by atoms with van der Waals surface area (Å²) in [5.41, 5.74) is 2.27. The van der Waals surface area contributed by atoms with E-state index in [1.54, 1.807) is 0 Å². The molecular formula is C24H23Cl3F3N2O2PS. The number of carbonyl (C=O) groups is 1. The minimum Gasteiger partial charge on any atom is -0.381 e. The molecule has 4 nitrogen and oxygen atoms in total. The first-order valence-electron chi connectivity index (χ1n) is 11.7. The standard InChI is InChI=1S/C24H23Cl3F3N2O2PS/c25-16-9-12(10-17(26)19(16)27)23(24(28,29)30)11-18(32-35-23)20-14-3-1-2-4-15(14)21(36-20)22(33)31-13-5-7-34-8-6-13/h9-10,13,35H,1-8,11H2,(H,31,33). The molecule has 1 aliphatic carbocycles. The molecule has 1 fully saturated rings.